The van der Waals surface area contributed by atoms with E-state index in [0.717, 1.165) is 35.9 Å². The first-order chi connectivity index (χ1) is 19.1. The van der Waals surface area contributed by atoms with Gasteiger partial charge in [-0.25, -0.2) is 28.7 Å². The number of rotatable bonds is 9. The van der Waals surface area contributed by atoms with Crippen LogP contribution >= 0.6 is 0 Å². The Labute approximate surface area is 222 Å². The number of ether oxygens (including phenoxy) is 2. The lowest BCUT2D eigenvalue weighted by Gasteiger charge is -2.11. The van der Waals surface area contributed by atoms with Gasteiger partial charge in [-0.05, 0) is 31.4 Å². The molecule has 0 aliphatic heterocycles. The lowest BCUT2D eigenvalue weighted by Crippen LogP contribution is -2.09. The van der Waals surface area contributed by atoms with Crippen molar-refractivity contribution in [3.05, 3.63) is 83.4 Å². The van der Waals surface area contributed by atoms with Crippen LogP contribution in [0.25, 0.3) is 22.4 Å². The minimum Gasteiger partial charge on any atom is -0.491 e. The third-order valence-electron chi connectivity index (χ3n) is 6.61. The van der Waals surface area contributed by atoms with Gasteiger partial charge in [-0.3, -0.25) is 4.68 Å². The molecule has 39 heavy (non-hydrogen) atoms. The standard InChI is InChI=1S/C28H25F2N7O2/c1-38-11-12-39-17-13-21(29)20(22(30)14-17)15-37-24-8-3-2-5-19(24)26(36-37)28-33-23-7-4-6-18(23)27(35-28)34-25-9-10-31-16-32-25/h2-3,5,8-10,13-14,16H,4,6-7,11-12,15H2,1H3,(H,31,32,33,34,35). The zero-order valence-electron chi connectivity index (χ0n) is 21.2. The summed E-state index contributed by atoms with van der Waals surface area (Å²) in [4.78, 5) is 17.9. The van der Waals surface area contributed by atoms with Crippen molar-refractivity contribution in [2.75, 3.05) is 25.6 Å². The zero-order valence-corrected chi connectivity index (χ0v) is 21.2. The molecule has 2 aromatic carbocycles. The number of hydrogen-bond acceptors (Lipinski definition) is 8. The van der Waals surface area contributed by atoms with Crippen LogP contribution in [-0.4, -0.2) is 50.0 Å². The summed E-state index contributed by atoms with van der Waals surface area (Å²) in [5.41, 5.74) is 3.14. The van der Waals surface area contributed by atoms with E-state index in [1.165, 1.54) is 25.6 Å². The Morgan fingerprint density at radius 3 is 2.67 bits per heavy atom. The number of para-hydroxylation sites is 1. The number of aromatic nitrogens is 6. The highest BCUT2D eigenvalue weighted by Crippen LogP contribution is 2.33. The Kier molecular flexibility index (Phi) is 6.80. The second-order valence-corrected chi connectivity index (χ2v) is 9.12. The molecule has 198 valence electrons. The molecular weight excluding hydrogens is 504 g/mol. The van der Waals surface area contributed by atoms with E-state index in [4.69, 9.17) is 24.5 Å². The van der Waals surface area contributed by atoms with Crippen molar-refractivity contribution in [2.45, 2.75) is 25.8 Å². The average Bonchev–Trinajstić information content (AvgIpc) is 3.57. The zero-order chi connectivity index (χ0) is 26.8. The van der Waals surface area contributed by atoms with Crippen molar-refractivity contribution in [3.8, 4) is 17.3 Å². The second-order valence-electron chi connectivity index (χ2n) is 9.12. The number of fused-ring (bicyclic) bond motifs is 2. The van der Waals surface area contributed by atoms with Crippen LogP contribution in [0.5, 0.6) is 5.75 Å². The van der Waals surface area contributed by atoms with Crippen LogP contribution in [0.15, 0.2) is 55.0 Å². The normalized spacial score (nSPS) is 12.6. The van der Waals surface area contributed by atoms with Gasteiger partial charge in [0.05, 0.1) is 18.7 Å². The summed E-state index contributed by atoms with van der Waals surface area (Å²) in [5, 5.41) is 8.82. The molecule has 0 fully saturated rings. The number of nitrogens with zero attached hydrogens (tertiary/aromatic N) is 6. The molecule has 9 nitrogen and oxygen atoms in total. The molecule has 5 aromatic rings. The summed E-state index contributed by atoms with van der Waals surface area (Å²) in [6.07, 6.45) is 5.80. The highest BCUT2D eigenvalue weighted by atomic mass is 19.1. The highest BCUT2D eigenvalue weighted by molar-refractivity contribution is 5.92. The van der Waals surface area contributed by atoms with Crippen molar-refractivity contribution >= 4 is 22.5 Å². The molecule has 0 unspecified atom stereocenters. The van der Waals surface area contributed by atoms with Crippen LogP contribution in [0.4, 0.5) is 20.4 Å². The van der Waals surface area contributed by atoms with E-state index in [1.54, 1.807) is 16.9 Å². The van der Waals surface area contributed by atoms with E-state index in [-0.39, 0.29) is 24.5 Å². The molecule has 0 atom stereocenters. The fourth-order valence-electron chi connectivity index (χ4n) is 4.75. The fraction of sp³-hybridized carbons (Fsp3) is 0.250. The Hall–Kier alpha value is -4.51. The first-order valence-corrected chi connectivity index (χ1v) is 12.6. The molecule has 1 N–H and O–H groups in total. The van der Waals surface area contributed by atoms with Crippen LogP contribution in [0, 0.1) is 11.6 Å². The van der Waals surface area contributed by atoms with Gasteiger partial charge in [-0.15, -0.1) is 0 Å². The van der Waals surface area contributed by atoms with Gasteiger partial charge in [-0.2, -0.15) is 5.10 Å². The largest absolute Gasteiger partial charge is 0.491 e. The Morgan fingerprint density at radius 1 is 1.03 bits per heavy atom. The first kappa shape index (κ1) is 24.8. The van der Waals surface area contributed by atoms with Crippen molar-refractivity contribution in [3.63, 3.8) is 0 Å². The predicted octanol–water partition coefficient (Wildman–Crippen LogP) is 4.87. The fourth-order valence-corrected chi connectivity index (χ4v) is 4.75. The Morgan fingerprint density at radius 2 is 1.87 bits per heavy atom. The summed E-state index contributed by atoms with van der Waals surface area (Å²) < 4.78 is 41.9. The molecule has 1 aliphatic carbocycles. The Balaban J connectivity index is 1.38. The van der Waals surface area contributed by atoms with Gasteiger partial charge in [0.1, 0.15) is 47.6 Å². The van der Waals surface area contributed by atoms with Gasteiger partial charge >= 0.3 is 0 Å². The van der Waals surface area contributed by atoms with Crippen molar-refractivity contribution < 1.29 is 18.3 Å². The molecule has 0 saturated heterocycles. The van der Waals surface area contributed by atoms with Crippen molar-refractivity contribution in [1.29, 1.82) is 0 Å². The number of nitrogens with one attached hydrogen (secondary N) is 1. The second kappa shape index (κ2) is 10.7. The molecule has 0 amide bonds. The molecule has 6 rings (SSSR count). The summed E-state index contributed by atoms with van der Waals surface area (Å²) in [6.45, 7) is 0.387. The van der Waals surface area contributed by atoms with Gasteiger partial charge in [-0.1, -0.05) is 18.2 Å². The molecular formula is C28H25F2N7O2. The van der Waals surface area contributed by atoms with E-state index >= 15 is 8.78 Å². The molecule has 0 bridgehead atoms. The molecule has 0 spiro atoms. The smallest absolute Gasteiger partial charge is 0.182 e. The number of anilines is 2. The van der Waals surface area contributed by atoms with E-state index in [0.29, 0.717) is 35.3 Å². The lowest BCUT2D eigenvalue weighted by molar-refractivity contribution is 0.146. The SMILES string of the molecule is COCCOc1cc(F)c(Cn2nc(-c3nc4c(c(Nc5ccncn5)n3)CCC4)c3ccccc32)c(F)c1. The number of halogens is 2. The van der Waals surface area contributed by atoms with Crippen molar-refractivity contribution in [2.24, 2.45) is 0 Å². The van der Waals surface area contributed by atoms with E-state index in [1.807, 2.05) is 24.3 Å². The molecule has 1 aliphatic rings. The summed E-state index contributed by atoms with van der Waals surface area (Å²) in [7, 11) is 1.53. The molecule has 11 heteroatoms. The van der Waals surface area contributed by atoms with Crippen LogP contribution in [0.1, 0.15) is 23.2 Å². The van der Waals surface area contributed by atoms with Gasteiger partial charge in [0.2, 0.25) is 0 Å². The molecule has 0 saturated carbocycles. The number of aryl methyl sites for hydroxylation is 1. The average molecular weight is 530 g/mol. The summed E-state index contributed by atoms with van der Waals surface area (Å²) >= 11 is 0. The maximum atomic E-state index is 15.0. The van der Waals surface area contributed by atoms with Crippen LogP contribution in [0.2, 0.25) is 0 Å². The Bertz CT molecular complexity index is 1620. The van der Waals surface area contributed by atoms with Crippen LogP contribution in [-0.2, 0) is 24.1 Å². The van der Waals surface area contributed by atoms with Crippen LogP contribution in [0.3, 0.4) is 0 Å². The third kappa shape index (κ3) is 5.00. The first-order valence-electron chi connectivity index (χ1n) is 12.6. The minimum absolute atomic E-state index is 0.104. The predicted molar refractivity (Wildman–Crippen MR) is 141 cm³/mol. The molecule has 3 aromatic heterocycles. The quantitative estimate of drug-likeness (QED) is 0.270. The van der Waals surface area contributed by atoms with E-state index < -0.39 is 11.6 Å². The number of benzene rings is 2. The van der Waals surface area contributed by atoms with E-state index in [2.05, 4.69) is 15.3 Å². The maximum Gasteiger partial charge on any atom is 0.182 e. The molecule has 3 heterocycles. The number of methoxy groups -OCH3 is 1. The van der Waals surface area contributed by atoms with Gasteiger partial charge in [0, 0.05) is 47.6 Å². The summed E-state index contributed by atoms with van der Waals surface area (Å²) in [5.74, 6) is 0.408. The van der Waals surface area contributed by atoms with Gasteiger partial charge in [0.25, 0.3) is 0 Å². The lowest BCUT2D eigenvalue weighted by atomic mass is 10.1. The summed E-state index contributed by atoms with van der Waals surface area (Å²) in [6, 6.07) is 11.6. The van der Waals surface area contributed by atoms with Crippen molar-refractivity contribution in [1.82, 2.24) is 29.7 Å². The number of hydrogen-bond donors (Lipinski definition) is 1. The van der Waals surface area contributed by atoms with E-state index in [9.17, 15) is 0 Å². The van der Waals surface area contributed by atoms with Gasteiger partial charge in [0.15, 0.2) is 5.82 Å². The highest BCUT2D eigenvalue weighted by Gasteiger charge is 2.24. The monoisotopic (exact) mass is 529 g/mol. The minimum atomic E-state index is -0.714. The maximum absolute atomic E-state index is 15.0. The topological polar surface area (TPSA) is 99.9 Å². The van der Waals surface area contributed by atoms with Crippen LogP contribution < -0.4 is 10.1 Å². The van der Waals surface area contributed by atoms with Gasteiger partial charge < -0.3 is 14.8 Å². The third-order valence-corrected chi connectivity index (χ3v) is 6.61. The molecule has 0 radical (unpaired) electrons.